The molecule has 1 aliphatic heterocycles. The van der Waals surface area contributed by atoms with Gasteiger partial charge in [-0.05, 0) is 41.6 Å². The second kappa shape index (κ2) is 8.75. The van der Waals surface area contributed by atoms with E-state index in [2.05, 4.69) is 42.6 Å². The molecule has 0 unspecified atom stereocenters. The van der Waals surface area contributed by atoms with E-state index in [1.165, 1.54) is 10.9 Å². The molecule has 0 radical (unpaired) electrons. The lowest BCUT2D eigenvalue weighted by molar-refractivity contribution is 0.174. The van der Waals surface area contributed by atoms with Crippen LogP contribution in [0.4, 0.5) is 4.39 Å². The first-order chi connectivity index (χ1) is 13.7. The van der Waals surface area contributed by atoms with Gasteiger partial charge in [-0.25, -0.2) is 4.39 Å². The first-order valence-electron chi connectivity index (χ1n) is 9.69. The van der Waals surface area contributed by atoms with Crippen molar-refractivity contribution in [2.24, 2.45) is 4.99 Å². The highest BCUT2D eigenvalue weighted by Crippen LogP contribution is 2.19. The fourth-order valence-electron chi connectivity index (χ4n) is 3.74. The molecule has 3 heterocycles. The Balaban J connectivity index is 1.27. The van der Waals surface area contributed by atoms with Gasteiger partial charge >= 0.3 is 0 Å². The number of guanidine groups is 1. The number of aromatic nitrogens is 1. The van der Waals surface area contributed by atoms with E-state index in [4.69, 9.17) is 0 Å². The molecule has 7 heteroatoms. The van der Waals surface area contributed by atoms with Crippen molar-refractivity contribution in [3.8, 4) is 0 Å². The average Bonchev–Trinajstić information content (AvgIpc) is 3.36. The number of aliphatic imine (C=N–C) groups is 1. The average molecular weight is 400 g/mol. The van der Waals surface area contributed by atoms with Crippen LogP contribution in [0.1, 0.15) is 10.4 Å². The third-order valence-corrected chi connectivity index (χ3v) is 6.11. The lowest BCUT2D eigenvalue weighted by atomic mass is 10.1. The van der Waals surface area contributed by atoms with E-state index >= 15 is 0 Å². The Labute approximate surface area is 168 Å². The minimum Gasteiger partial charge on any atom is -0.361 e. The number of nitrogens with one attached hydrogen (secondary N) is 2. The lowest BCUT2D eigenvalue weighted by Crippen LogP contribution is -2.52. The second-order valence-electron chi connectivity index (χ2n) is 7.07. The number of hydrogen-bond donors (Lipinski definition) is 2. The molecule has 0 aliphatic carbocycles. The van der Waals surface area contributed by atoms with Gasteiger partial charge in [0, 0.05) is 68.3 Å². The van der Waals surface area contributed by atoms with Crippen LogP contribution in [0, 0.1) is 5.82 Å². The summed E-state index contributed by atoms with van der Waals surface area (Å²) in [5.74, 6) is 0.749. The molecule has 1 aliphatic rings. The largest absolute Gasteiger partial charge is 0.361 e. The summed E-state index contributed by atoms with van der Waals surface area (Å²) in [4.78, 5) is 13.9. The zero-order chi connectivity index (χ0) is 19.3. The van der Waals surface area contributed by atoms with Crippen molar-refractivity contribution in [1.82, 2.24) is 20.1 Å². The minimum atomic E-state index is -0.197. The third-order valence-electron chi connectivity index (χ3n) is 5.25. The van der Waals surface area contributed by atoms with E-state index in [1.54, 1.807) is 12.1 Å². The Morgan fingerprint density at radius 3 is 2.86 bits per heavy atom. The highest BCUT2D eigenvalue weighted by atomic mass is 32.1. The van der Waals surface area contributed by atoms with Crippen LogP contribution in [0.2, 0.25) is 0 Å². The number of nitrogens with zero attached hydrogens (tertiary/aromatic N) is 3. The van der Waals surface area contributed by atoms with Crippen molar-refractivity contribution < 1.29 is 4.39 Å². The van der Waals surface area contributed by atoms with Gasteiger partial charge in [-0.3, -0.25) is 9.89 Å². The maximum atomic E-state index is 13.5. The summed E-state index contributed by atoms with van der Waals surface area (Å²) < 4.78 is 13.5. The standard InChI is InChI=1S/C21H26FN5S/c1-23-21(27-10-8-26(9-11-27)15-18-3-2-12-28-18)24-7-6-16-14-25-20-5-4-17(22)13-19(16)20/h2-5,12-14,25H,6-11,15H2,1H3,(H,23,24). The quantitative estimate of drug-likeness (QED) is 0.511. The first kappa shape index (κ1) is 19.0. The number of H-pyrrole nitrogens is 1. The molecule has 2 aromatic heterocycles. The van der Waals surface area contributed by atoms with Crippen LogP contribution in [0.25, 0.3) is 10.9 Å². The van der Waals surface area contributed by atoms with Gasteiger partial charge in [0.05, 0.1) is 0 Å². The van der Waals surface area contributed by atoms with Gasteiger partial charge in [0.25, 0.3) is 0 Å². The summed E-state index contributed by atoms with van der Waals surface area (Å²) in [6.07, 6.45) is 2.79. The van der Waals surface area contributed by atoms with Crippen LogP contribution < -0.4 is 5.32 Å². The monoisotopic (exact) mass is 399 g/mol. The minimum absolute atomic E-state index is 0.197. The summed E-state index contributed by atoms with van der Waals surface area (Å²) in [5, 5.41) is 6.56. The van der Waals surface area contributed by atoms with Crippen molar-refractivity contribution in [3.05, 3.63) is 58.2 Å². The van der Waals surface area contributed by atoms with Gasteiger partial charge in [-0.15, -0.1) is 11.3 Å². The van der Waals surface area contributed by atoms with Gasteiger partial charge < -0.3 is 15.2 Å². The van der Waals surface area contributed by atoms with Crippen LogP contribution in [0.15, 0.2) is 46.9 Å². The number of aromatic amines is 1. The molecule has 0 atom stereocenters. The van der Waals surface area contributed by atoms with Gasteiger partial charge in [0.1, 0.15) is 5.82 Å². The van der Waals surface area contributed by atoms with Crippen molar-refractivity contribution in [3.63, 3.8) is 0 Å². The fourth-order valence-corrected chi connectivity index (χ4v) is 4.49. The topological polar surface area (TPSA) is 46.7 Å². The molecule has 3 aromatic rings. The number of benzene rings is 1. The molecule has 1 fully saturated rings. The number of rotatable bonds is 5. The molecule has 0 amide bonds. The van der Waals surface area contributed by atoms with Crippen LogP contribution in [-0.4, -0.2) is 60.5 Å². The van der Waals surface area contributed by atoms with Crippen LogP contribution in [-0.2, 0) is 13.0 Å². The number of halogens is 1. The summed E-state index contributed by atoms with van der Waals surface area (Å²) in [6.45, 7) is 5.84. The third kappa shape index (κ3) is 4.36. The molecule has 28 heavy (non-hydrogen) atoms. The van der Waals surface area contributed by atoms with Crippen molar-refractivity contribution in [2.75, 3.05) is 39.8 Å². The van der Waals surface area contributed by atoms with E-state index in [1.807, 2.05) is 24.6 Å². The zero-order valence-corrected chi connectivity index (χ0v) is 16.9. The predicted octanol–water partition coefficient (Wildman–Crippen LogP) is 3.30. The van der Waals surface area contributed by atoms with E-state index in [9.17, 15) is 4.39 Å². The Hall–Kier alpha value is -2.38. The normalized spacial score (nSPS) is 16.1. The summed E-state index contributed by atoms with van der Waals surface area (Å²) in [5.41, 5.74) is 2.10. The first-order valence-corrected chi connectivity index (χ1v) is 10.6. The van der Waals surface area contributed by atoms with Gasteiger partial charge in [-0.2, -0.15) is 0 Å². The molecule has 2 N–H and O–H groups in total. The number of thiophene rings is 1. The molecule has 0 bridgehead atoms. The van der Waals surface area contributed by atoms with Gasteiger partial charge in [0.2, 0.25) is 0 Å². The highest BCUT2D eigenvalue weighted by Gasteiger charge is 2.19. The maximum absolute atomic E-state index is 13.5. The molecule has 4 rings (SSSR count). The summed E-state index contributed by atoms with van der Waals surface area (Å²) >= 11 is 1.82. The van der Waals surface area contributed by atoms with Crippen LogP contribution in [0.3, 0.4) is 0 Å². The van der Waals surface area contributed by atoms with Crippen LogP contribution >= 0.6 is 11.3 Å². The Morgan fingerprint density at radius 2 is 2.11 bits per heavy atom. The highest BCUT2D eigenvalue weighted by molar-refractivity contribution is 7.09. The predicted molar refractivity (Wildman–Crippen MR) is 114 cm³/mol. The molecule has 0 saturated carbocycles. The molecular weight excluding hydrogens is 373 g/mol. The van der Waals surface area contributed by atoms with Crippen molar-refractivity contribution in [2.45, 2.75) is 13.0 Å². The fraction of sp³-hybridized carbons (Fsp3) is 0.381. The number of fused-ring (bicyclic) bond motifs is 1. The summed E-state index contributed by atoms with van der Waals surface area (Å²) in [6, 6.07) is 9.19. The lowest BCUT2D eigenvalue weighted by Gasteiger charge is -2.36. The maximum Gasteiger partial charge on any atom is 0.193 e. The zero-order valence-electron chi connectivity index (χ0n) is 16.1. The Kier molecular flexibility index (Phi) is 5.92. The molecule has 0 spiro atoms. The van der Waals surface area contributed by atoms with E-state index in [0.29, 0.717) is 0 Å². The van der Waals surface area contributed by atoms with Gasteiger partial charge in [0.15, 0.2) is 5.96 Å². The van der Waals surface area contributed by atoms with E-state index < -0.39 is 0 Å². The second-order valence-corrected chi connectivity index (χ2v) is 8.10. The number of hydrogen-bond acceptors (Lipinski definition) is 3. The SMILES string of the molecule is CN=C(NCCc1c[nH]c2ccc(F)cc12)N1CCN(Cc2cccs2)CC1. The number of piperazine rings is 1. The molecule has 1 aromatic carbocycles. The summed E-state index contributed by atoms with van der Waals surface area (Å²) in [7, 11) is 1.83. The van der Waals surface area contributed by atoms with Crippen molar-refractivity contribution >= 4 is 28.2 Å². The van der Waals surface area contributed by atoms with Crippen LogP contribution in [0.5, 0.6) is 0 Å². The molecule has 148 valence electrons. The van der Waals surface area contributed by atoms with Gasteiger partial charge in [-0.1, -0.05) is 6.07 Å². The molecular formula is C21H26FN5S. The van der Waals surface area contributed by atoms with E-state index in [-0.39, 0.29) is 5.82 Å². The smallest absolute Gasteiger partial charge is 0.193 e. The Bertz CT molecular complexity index is 926. The Morgan fingerprint density at radius 1 is 1.25 bits per heavy atom. The molecule has 1 saturated heterocycles. The molecule has 5 nitrogen and oxygen atoms in total. The van der Waals surface area contributed by atoms with Crippen molar-refractivity contribution in [1.29, 1.82) is 0 Å². The van der Waals surface area contributed by atoms with E-state index in [0.717, 1.165) is 68.1 Å².